The number of carboxylic acids is 1. The Labute approximate surface area is 113 Å². The highest BCUT2D eigenvalue weighted by atomic mass is 16.4. The van der Waals surface area contributed by atoms with Crippen LogP contribution < -0.4 is 0 Å². The third-order valence-electron chi connectivity index (χ3n) is 4.38. The largest absolute Gasteiger partial charge is 0.481 e. The third kappa shape index (κ3) is 2.62. The molecule has 2 rings (SSSR count). The third-order valence-corrected chi connectivity index (χ3v) is 4.38. The number of rotatable bonds is 6. The van der Waals surface area contributed by atoms with Crippen molar-refractivity contribution >= 4 is 5.97 Å². The normalized spacial score (nSPS) is 18.1. The Bertz CT molecular complexity index is 434. The Morgan fingerprint density at radius 1 is 1.37 bits per heavy atom. The lowest BCUT2D eigenvalue weighted by molar-refractivity contribution is -0.149. The maximum Gasteiger partial charge on any atom is 0.311 e. The molecule has 1 saturated carbocycles. The summed E-state index contributed by atoms with van der Waals surface area (Å²) < 4.78 is 1.72. The second-order valence-electron chi connectivity index (χ2n) is 5.50. The molecule has 106 valence electrons. The molecule has 1 N–H and O–H groups in total. The van der Waals surface area contributed by atoms with Crippen LogP contribution in [0.15, 0.2) is 0 Å². The van der Waals surface area contributed by atoms with Gasteiger partial charge in [0, 0.05) is 5.92 Å². The first kappa shape index (κ1) is 14.0. The fourth-order valence-electron chi connectivity index (χ4n) is 3.05. The first-order valence-electron chi connectivity index (χ1n) is 7.12. The van der Waals surface area contributed by atoms with Crippen LogP contribution in [0.25, 0.3) is 0 Å². The minimum Gasteiger partial charge on any atom is -0.481 e. The van der Waals surface area contributed by atoms with Gasteiger partial charge in [-0.1, -0.05) is 26.7 Å². The van der Waals surface area contributed by atoms with Crippen LogP contribution in [0.1, 0.15) is 64.1 Å². The molecule has 6 heteroatoms. The lowest BCUT2D eigenvalue weighted by atomic mass is 9.86. The van der Waals surface area contributed by atoms with Gasteiger partial charge < -0.3 is 5.11 Å². The van der Waals surface area contributed by atoms with Gasteiger partial charge in [-0.3, -0.25) is 4.79 Å². The average Bonchev–Trinajstić information content (AvgIpc) is 3.02. The number of carbonyl (C=O) groups is 1. The van der Waals surface area contributed by atoms with Gasteiger partial charge in [0.05, 0.1) is 12.0 Å². The Balaban J connectivity index is 2.23. The zero-order valence-electron chi connectivity index (χ0n) is 11.7. The molecule has 6 nitrogen and oxygen atoms in total. The molecular formula is C13H22N4O2. The molecule has 0 saturated heterocycles. The van der Waals surface area contributed by atoms with Crippen LogP contribution in [0, 0.1) is 5.41 Å². The molecule has 1 aromatic heterocycles. The molecule has 0 aromatic carbocycles. The topological polar surface area (TPSA) is 80.9 Å². The number of tetrazole rings is 1. The summed E-state index contributed by atoms with van der Waals surface area (Å²) in [4.78, 5) is 11.6. The lowest BCUT2D eigenvalue weighted by Gasteiger charge is -2.24. The van der Waals surface area contributed by atoms with E-state index in [1.165, 1.54) is 0 Å². The van der Waals surface area contributed by atoms with Crippen molar-refractivity contribution in [1.82, 2.24) is 20.2 Å². The maximum absolute atomic E-state index is 11.6. The summed E-state index contributed by atoms with van der Waals surface area (Å²) in [6.45, 7) is 4.62. The van der Waals surface area contributed by atoms with Gasteiger partial charge in [0.15, 0.2) is 5.82 Å². The number of hydrogen-bond donors (Lipinski definition) is 1. The molecule has 1 fully saturated rings. The van der Waals surface area contributed by atoms with Crippen LogP contribution in [0.3, 0.4) is 0 Å². The minimum absolute atomic E-state index is 0.308. The lowest BCUT2D eigenvalue weighted by Crippen LogP contribution is -2.34. The average molecular weight is 266 g/mol. The summed E-state index contributed by atoms with van der Waals surface area (Å²) in [7, 11) is 0. The first-order valence-corrected chi connectivity index (χ1v) is 7.12. The summed E-state index contributed by atoms with van der Waals surface area (Å²) >= 11 is 0. The fourth-order valence-corrected chi connectivity index (χ4v) is 3.05. The van der Waals surface area contributed by atoms with Crippen LogP contribution in [-0.2, 0) is 11.3 Å². The van der Waals surface area contributed by atoms with Crippen molar-refractivity contribution in [2.75, 3.05) is 0 Å². The van der Waals surface area contributed by atoms with Crippen molar-refractivity contribution in [2.24, 2.45) is 5.41 Å². The van der Waals surface area contributed by atoms with Gasteiger partial charge in [-0.15, -0.1) is 5.10 Å². The molecule has 0 unspecified atom stereocenters. The molecule has 1 heterocycles. The van der Waals surface area contributed by atoms with E-state index in [-0.39, 0.29) is 0 Å². The van der Waals surface area contributed by atoms with Gasteiger partial charge in [-0.2, -0.15) is 0 Å². The van der Waals surface area contributed by atoms with Gasteiger partial charge >= 0.3 is 5.97 Å². The summed E-state index contributed by atoms with van der Waals surface area (Å²) in [5.41, 5.74) is -0.670. The minimum atomic E-state index is -0.712. The van der Waals surface area contributed by atoms with Crippen molar-refractivity contribution in [2.45, 2.75) is 64.8 Å². The summed E-state index contributed by atoms with van der Waals surface area (Å²) in [6.07, 6.45) is 5.35. The van der Waals surface area contributed by atoms with E-state index in [4.69, 9.17) is 0 Å². The van der Waals surface area contributed by atoms with Crippen LogP contribution in [0.4, 0.5) is 0 Å². The highest BCUT2D eigenvalue weighted by Gasteiger charge is 2.42. The Morgan fingerprint density at radius 3 is 2.53 bits per heavy atom. The zero-order valence-corrected chi connectivity index (χ0v) is 11.7. The summed E-state index contributed by atoms with van der Waals surface area (Å²) in [6, 6.07) is 0. The summed E-state index contributed by atoms with van der Waals surface area (Å²) in [5, 5.41) is 21.4. The van der Waals surface area contributed by atoms with Crippen LogP contribution in [0.2, 0.25) is 0 Å². The molecule has 0 aliphatic heterocycles. The Kier molecular flexibility index (Phi) is 4.17. The number of aliphatic carboxylic acids is 1. The standard InChI is InChI=1S/C13H22N4O2/c1-3-10(4-2)11-14-15-16-17(11)9-13(12(18)19)7-5-6-8-13/h10H,3-9H2,1-2H3,(H,18,19). The van der Waals surface area contributed by atoms with E-state index in [0.717, 1.165) is 44.3 Å². The van der Waals surface area contributed by atoms with Gasteiger partial charge in [0.1, 0.15) is 0 Å². The zero-order chi connectivity index (χ0) is 13.9. The highest BCUT2D eigenvalue weighted by Crippen LogP contribution is 2.40. The Morgan fingerprint density at radius 2 is 2.00 bits per heavy atom. The van der Waals surface area contributed by atoms with Crippen LogP contribution in [0.5, 0.6) is 0 Å². The molecule has 1 aliphatic rings. The van der Waals surface area contributed by atoms with E-state index in [1.54, 1.807) is 4.68 Å². The van der Waals surface area contributed by atoms with Gasteiger partial charge in [0.2, 0.25) is 0 Å². The maximum atomic E-state index is 11.6. The molecule has 1 aliphatic carbocycles. The van der Waals surface area contributed by atoms with E-state index in [2.05, 4.69) is 29.4 Å². The van der Waals surface area contributed by atoms with Gasteiger partial charge in [-0.25, -0.2) is 4.68 Å². The van der Waals surface area contributed by atoms with Crippen molar-refractivity contribution in [3.63, 3.8) is 0 Å². The second-order valence-corrected chi connectivity index (χ2v) is 5.50. The molecule has 0 radical (unpaired) electrons. The second kappa shape index (κ2) is 5.67. The smallest absolute Gasteiger partial charge is 0.311 e. The molecule has 0 amide bonds. The number of nitrogens with zero attached hydrogens (tertiary/aromatic N) is 4. The van der Waals surface area contributed by atoms with E-state index in [1.807, 2.05) is 0 Å². The molecular weight excluding hydrogens is 244 g/mol. The van der Waals surface area contributed by atoms with Crippen LogP contribution >= 0.6 is 0 Å². The number of hydrogen-bond acceptors (Lipinski definition) is 4. The van der Waals surface area contributed by atoms with Gasteiger partial charge in [-0.05, 0) is 36.1 Å². The van der Waals surface area contributed by atoms with Crippen molar-refractivity contribution in [1.29, 1.82) is 0 Å². The summed E-state index contributed by atoms with van der Waals surface area (Å²) in [5.74, 6) is 0.427. The van der Waals surface area contributed by atoms with Crippen molar-refractivity contribution in [3.8, 4) is 0 Å². The molecule has 0 spiro atoms. The monoisotopic (exact) mass is 266 g/mol. The quantitative estimate of drug-likeness (QED) is 0.853. The fraction of sp³-hybridized carbons (Fsp3) is 0.846. The van der Waals surface area contributed by atoms with Gasteiger partial charge in [0.25, 0.3) is 0 Å². The van der Waals surface area contributed by atoms with E-state index >= 15 is 0 Å². The van der Waals surface area contributed by atoms with Crippen molar-refractivity contribution in [3.05, 3.63) is 5.82 Å². The van der Waals surface area contributed by atoms with Crippen molar-refractivity contribution < 1.29 is 9.90 Å². The van der Waals surface area contributed by atoms with E-state index in [9.17, 15) is 9.90 Å². The predicted molar refractivity (Wildman–Crippen MR) is 69.7 cm³/mol. The molecule has 0 bridgehead atoms. The SMILES string of the molecule is CCC(CC)c1nnnn1CC1(C(=O)O)CCCC1. The molecule has 0 atom stereocenters. The first-order chi connectivity index (χ1) is 9.13. The molecule has 1 aromatic rings. The highest BCUT2D eigenvalue weighted by molar-refractivity contribution is 5.74. The number of aromatic nitrogens is 4. The Hall–Kier alpha value is -1.46. The van der Waals surface area contributed by atoms with E-state index < -0.39 is 11.4 Å². The van der Waals surface area contributed by atoms with E-state index in [0.29, 0.717) is 12.5 Å². The molecule has 19 heavy (non-hydrogen) atoms. The number of carboxylic acid groups (broad SMARTS) is 1. The van der Waals surface area contributed by atoms with Crippen LogP contribution in [-0.4, -0.2) is 31.3 Å². The predicted octanol–water partition coefficient (Wildman–Crippen LogP) is 2.22.